The van der Waals surface area contributed by atoms with Crippen LogP contribution in [0.3, 0.4) is 0 Å². The Morgan fingerprint density at radius 3 is 2.84 bits per heavy atom. The first-order valence-electron chi connectivity index (χ1n) is 6.06. The molecule has 0 atom stereocenters. The number of carbonyl (C=O) groups is 1. The van der Waals surface area contributed by atoms with Crippen LogP contribution in [0.5, 0.6) is 0 Å². The summed E-state index contributed by atoms with van der Waals surface area (Å²) < 4.78 is 0.913. The molecule has 1 aromatic heterocycles. The standard InChI is InChI=1S/C15H15BrN2O/c1-18(9-7-14-4-2-3-8-17-14)15-6-5-13(16)10-12(15)11-19/h2-6,8,10-11H,7,9H2,1H3. The Balaban J connectivity index is 2.08. The van der Waals surface area contributed by atoms with Crippen LogP contribution >= 0.6 is 15.9 Å². The number of rotatable bonds is 5. The number of hydrogen-bond donors (Lipinski definition) is 0. The molecule has 0 radical (unpaired) electrons. The van der Waals surface area contributed by atoms with E-state index in [4.69, 9.17) is 0 Å². The lowest BCUT2D eigenvalue weighted by molar-refractivity contribution is 0.112. The Hall–Kier alpha value is -1.68. The summed E-state index contributed by atoms with van der Waals surface area (Å²) in [7, 11) is 1.99. The minimum Gasteiger partial charge on any atom is -0.374 e. The Kier molecular flexibility index (Phi) is 4.68. The summed E-state index contributed by atoms with van der Waals surface area (Å²) in [5.74, 6) is 0. The molecule has 0 N–H and O–H groups in total. The molecular formula is C15H15BrN2O. The van der Waals surface area contributed by atoms with Crippen LogP contribution in [-0.4, -0.2) is 24.9 Å². The third kappa shape index (κ3) is 3.64. The molecule has 1 heterocycles. The van der Waals surface area contributed by atoms with E-state index in [1.165, 1.54) is 0 Å². The Bertz CT molecular complexity index is 557. The van der Waals surface area contributed by atoms with Gasteiger partial charge in [-0.05, 0) is 30.3 Å². The van der Waals surface area contributed by atoms with Gasteiger partial charge in [-0.2, -0.15) is 0 Å². The maximum atomic E-state index is 11.1. The van der Waals surface area contributed by atoms with Gasteiger partial charge in [0.2, 0.25) is 0 Å². The van der Waals surface area contributed by atoms with E-state index >= 15 is 0 Å². The van der Waals surface area contributed by atoms with Crippen molar-refractivity contribution in [3.05, 3.63) is 58.3 Å². The van der Waals surface area contributed by atoms with Gasteiger partial charge in [-0.15, -0.1) is 0 Å². The van der Waals surface area contributed by atoms with Crippen LogP contribution in [0, 0.1) is 0 Å². The second-order valence-electron chi connectivity index (χ2n) is 4.31. The van der Waals surface area contributed by atoms with Crippen LogP contribution < -0.4 is 4.90 Å². The van der Waals surface area contributed by atoms with E-state index in [1.54, 1.807) is 6.20 Å². The molecule has 0 aliphatic carbocycles. The lowest BCUT2D eigenvalue weighted by atomic mass is 10.1. The average molecular weight is 319 g/mol. The summed E-state index contributed by atoms with van der Waals surface area (Å²) in [5, 5.41) is 0. The van der Waals surface area contributed by atoms with Gasteiger partial charge in [0.25, 0.3) is 0 Å². The molecule has 0 saturated carbocycles. The van der Waals surface area contributed by atoms with Gasteiger partial charge in [-0.1, -0.05) is 22.0 Å². The van der Waals surface area contributed by atoms with Crippen molar-refractivity contribution in [1.82, 2.24) is 4.98 Å². The fraction of sp³-hybridized carbons (Fsp3) is 0.200. The molecule has 2 aromatic rings. The number of benzene rings is 1. The van der Waals surface area contributed by atoms with Gasteiger partial charge in [0.1, 0.15) is 0 Å². The molecule has 0 fully saturated rings. The number of likely N-dealkylation sites (N-methyl/N-ethyl adjacent to an activating group) is 1. The number of aromatic nitrogens is 1. The SMILES string of the molecule is CN(CCc1ccccn1)c1ccc(Br)cc1C=O. The van der Waals surface area contributed by atoms with Crippen molar-refractivity contribution in [2.45, 2.75) is 6.42 Å². The molecule has 4 heteroatoms. The van der Waals surface area contributed by atoms with E-state index in [-0.39, 0.29) is 0 Å². The highest BCUT2D eigenvalue weighted by Gasteiger charge is 2.07. The largest absolute Gasteiger partial charge is 0.374 e. The van der Waals surface area contributed by atoms with E-state index in [0.29, 0.717) is 5.56 Å². The van der Waals surface area contributed by atoms with E-state index in [0.717, 1.165) is 35.1 Å². The first-order valence-corrected chi connectivity index (χ1v) is 6.86. The zero-order valence-corrected chi connectivity index (χ0v) is 12.3. The van der Waals surface area contributed by atoms with E-state index in [1.807, 2.05) is 43.4 Å². The fourth-order valence-corrected chi connectivity index (χ4v) is 2.29. The molecule has 98 valence electrons. The second kappa shape index (κ2) is 6.48. The number of nitrogens with zero attached hydrogens (tertiary/aromatic N) is 2. The van der Waals surface area contributed by atoms with E-state index in [2.05, 4.69) is 25.8 Å². The van der Waals surface area contributed by atoms with Crippen molar-refractivity contribution in [2.24, 2.45) is 0 Å². The molecule has 2 rings (SSSR count). The lowest BCUT2D eigenvalue weighted by Gasteiger charge is -2.20. The summed E-state index contributed by atoms with van der Waals surface area (Å²) >= 11 is 3.37. The number of pyridine rings is 1. The Morgan fingerprint density at radius 1 is 1.32 bits per heavy atom. The second-order valence-corrected chi connectivity index (χ2v) is 5.23. The van der Waals surface area contributed by atoms with Crippen LogP contribution in [0.4, 0.5) is 5.69 Å². The number of halogens is 1. The van der Waals surface area contributed by atoms with Crippen LogP contribution in [-0.2, 0) is 6.42 Å². The highest BCUT2D eigenvalue weighted by atomic mass is 79.9. The summed E-state index contributed by atoms with van der Waals surface area (Å²) in [4.78, 5) is 17.5. The summed E-state index contributed by atoms with van der Waals surface area (Å²) in [6.07, 6.45) is 3.54. The fourth-order valence-electron chi connectivity index (χ4n) is 1.92. The Morgan fingerprint density at radius 2 is 2.16 bits per heavy atom. The predicted octanol–water partition coefficient (Wildman–Crippen LogP) is 3.34. The number of carbonyl (C=O) groups excluding carboxylic acids is 1. The molecule has 0 aliphatic rings. The zero-order chi connectivity index (χ0) is 13.7. The Labute approximate surface area is 121 Å². The molecule has 0 spiro atoms. The summed E-state index contributed by atoms with van der Waals surface area (Å²) in [5.41, 5.74) is 2.69. The third-order valence-corrected chi connectivity index (χ3v) is 3.45. The van der Waals surface area contributed by atoms with Gasteiger partial charge < -0.3 is 4.90 Å². The first-order chi connectivity index (χ1) is 9.20. The lowest BCUT2D eigenvalue weighted by Crippen LogP contribution is -2.21. The molecule has 1 aromatic carbocycles. The van der Waals surface area contributed by atoms with Gasteiger partial charge >= 0.3 is 0 Å². The van der Waals surface area contributed by atoms with Crippen LogP contribution in [0.25, 0.3) is 0 Å². The van der Waals surface area contributed by atoms with Crippen molar-refractivity contribution >= 4 is 27.9 Å². The molecule has 0 saturated heterocycles. The smallest absolute Gasteiger partial charge is 0.152 e. The van der Waals surface area contributed by atoms with Crippen LogP contribution in [0.15, 0.2) is 47.1 Å². The molecule has 19 heavy (non-hydrogen) atoms. The van der Waals surface area contributed by atoms with Crippen molar-refractivity contribution in [3.63, 3.8) is 0 Å². The van der Waals surface area contributed by atoms with Crippen molar-refractivity contribution in [1.29, 1.82) is 0 Å². The highest BCUT2D eigenvalue weighted by Crippen LogP contribution is 2.22. The number of anilines is 1. The van der Waals surface area contributed by atoms with Gasteiger partial charge in [0.15, 0.2) is 6.29 Å². The number of hydrogen-bond acceptors (Lipinski definition) is 3. The van der Waals surface area contributed by atoms with E-state index < -0.39 is 0 Å². The highest BCUT2D eigenvalue weighted by molar-refractivity contribution is 9.10. The first kappa shape index (κ1) is 13.7. The minimum atomic E-state index is 0.692. The average Bonchev–Trinajstić information content (AvgIpc) is 2.45. The van der Waals surface area contributed by atoms with Crippen LogP contribution in [0.1, 0.15) is 16.1 Å². The van der Waals surface area contributed by atoms with Crippen molar-refractivity contribution in [2.75, 3.05) is 18.5 Å². The van der Waals surface area contributed by atoms with Crippen molar-refractivity contribution < 1.29 is 4.79 Å². The minimum absolute atomic E-state index is 0.692. The van der Waals surface area contributed by atoms with E-state index in [9.17, 15) is 4.79 Å². The van der Waals surface area contributed by atoms with Crippen LogP contribution in [0.2, 0.25) is 0 Å². The molecule has 0 aliphatic heterocycles. The summed E-state index contributed by atoms with van der Waals surface area (Å²) in [6, 6.07) is 11.6. The molecular weight excluding hydrogens is 304 g/mol. The normalized spacial score (nSPS) is 10.2. The van der Waals surface area contributed by atoms with Gasteiger partial charge in [-0.3, -0.25) is 9.78 Å². The third-order valence-electron chi connectivity index (χ3n) is 2.96. The van der Waals surface area contributed by atoms with Gasteiger partial charge in [-0.25, -0.2) is 0 Å². The predicted molar refractivity (Wildman–Crippen MR) is 80.7 cm³/mol. The molecule has 0 amide bonds. The number of aldehydes is 1. The molecule has 0 unspecified atom stereocenters. The monoisotopic (exact) mass is 318 g/mol. The zero-order valence-electron chi connectivity index (χ0n) is 10.7. The van der Waals surface area contributed by atoms with Gasteiger partial charge in [0, 0.05) is 47.6 Å². The quantitative estimate of drug-likeness (QED) is 0.793. The maximum Gasteiger partial charge on any atom is 0.152 e. The van der Waals surface area contributed by atoms with Crippen molar-refractivity contribution in [3.8, 4) is 0 Å². The van der Waals surface area contributed by atoms with Gasteiger partial charge in [0.05, 0.1) is 0 Å². The maximum absolute atomic E-state index is 11.1. The molecule has 0 bridgehead atoms. The molecule has 3 nitrogen and oxygen atoms in total. The summed E-state index contributed by atoms with van der Waals surface area (Å²) in [6.45, 7) is 0.819. The topological polar surface area (TPSA) is 33.2 Å².